The molecule has 1 atom stereocenters. The Balaban J connectivity index is 1.91. The molecule has 0 aliphatic carbocycles. The highest BCUT2D eigenvalue weighted by Gasteiger charge is 2.15. The van der Waals surface area contributed by atoms with Crippen LogP contribution in [0.3, 0.4) is 0 Å². The Kier molecular flexibility index (Phi) is 3.98. The smallest absolute Gasteiger partial charge is 0.239 e. The Morgan fingerprint density at radius 3 is 3.11 bits per heavy atom. The summed E-state index contributed by atoms with van der Waals surface area (Å²) in [7, 11) is 1.81. The average molecular weight is 266 g/mol. The molecule has 2 heterocycles. The highest BCUT2D eigenvalue weighted by molar-refractivity contribution is 7.15. The molecular formula is C12H18N4OS. The fraction of sp³-hybridized carbons (Fsp3) is 0.500. The van der Waals surface area contributed by atoms with E-state index in [1.165, 1.54) is 0 Å². The Labute approximate surface area is 110 Å². The minimum absolute atomic E-state index is 0.110. The number of carbonyl (C=O) groups is 1. The lowest BCUT2D eigenvalue weighted by atomic mass is 10.3. The van der Waals surface area contributed by atoms with Gasteiger partial charge >= 0.3 is 0 Å². The second-order valence-corrected chi connectivity index (χ2v) is 5.15. The molecule has 1 unspecified atom stereocenters. The van der Waals surface area contributed by atoms with Crippen LogP contribution >= 0.6 is 11.3 Å². The van der Waals surface area contributed by atoms with Crippen LogP contribution in [0.25, 0.3) is 4.96 Å². The van der Waals surface area contributed by atoms with E-state index in [1.54, 1.807) is 16.2 Å². The van der Waals surface area contributed by atoms with Gasteiger partial charge in [0.25, 0.3) is 0 Å². The molecule has 0 aromatic carbocycles. The van der Waals surface area contributed by atoms with Crippen molar-refractivity contribution in [2.75, 3.05) is 13.6 Å². The van der Waals surface area contributed by atoms with Crippen LogP contribution in [0.1, 0.15) is 19.5 Å². The molecule has 6 heteroatoms. The summed E-state index contributed by atoms with van der Waals surface area (Å²) in [4.78, 5) is 19.0. The van der Waals surface area contributed by atoms with Crippen LogP contribution in [-0.4, -0.2) is 39.8 Å². The molecule has 2 aromatic rings. The van der Waals surface area contributed by atoms with Crippen LogP contribution in [0.2, 0.25) is 0 Å². The van der Waals surface area contributed by atoms with Gasteiger partial charge in [0.1, 0.15) is 0 Å². The minimum Gasteiger partial charge on any atom is -0.345 e. The predicted molar refractivity (Wildman–Crippen MR) is 72.7 cm³/mol. The van der Waals surface area contributed by atoms with Crippen molar-refractivity contribution in [1.82, 2.24) is 19.6 Å². The van der Waals surface area contributed by atoms with Gasteiger partial charge < -0.3 is 10.2 Å². The number of hydrogen-bond donors (Lipinski definition) is 1. The summed E-state index contributed by atoms with van der Waals surface area (Å²) >= 11 is 1.61. The predicted octanol–water partition coefficient (Wildman–Crippen LogP) is 1.35. The number of amides is 1. The number of imidazole rings is 1. The maximum absolute atomic E-state index is 11.9. The van der Waals surface area contributed by atoms with Gasteiger partial charge in [-0.3, -0.25) is 9.20 Å². The summed E-state index contributed by atoms with van der Waals surface area (Å²) in [6, 6.07) is -0.185. The summed E-state index contributed by atoms with van der Waals surface area (Å²) in [5, 5.41) is 5.20. The van der Waals surface area contributed by atoms with E-state index >= 15 is 0 Å². The molecular weight excluding hydrogens is 248 g/mol. The highest BCUT2D eigenvalue weighted by Crippen LogP contribution is 2.11. The first kappa shape index (κ1) is 13.0. The van der Waals surface area contributed by atoms with E-state index in [1.807, 2.05) is 43.1 Å². The lowest BCUT2D eigenvalue weighted by Gasteiger charge is -2.20. The van der Waals surface area contributed by atoms with Gasteiger partial charge in [0.2, 0.25) is 5.91 Å². The van der Waals surface area contributed by atoms with Crippen LogP contribution < -0.4 is 5.32 Å². The minimum atomic E-state index is -0.185. The van der Waals surface area contributed by atoms with Crippen molar-refractivity contribution in [2.24, 2.45) is 0 Å². The fourth-order valence-electron chi connectivity index (χ4n) is 1.69. The quantitative estimate of drug-likeness (QED) is 0.889. The molecule has 0 aliphatic heterocycles. The van der Waals surface area contributed by atoms with Crippen molar-refractivity contribution in [3.63, 3.8) is 0 Å². The van der Waals surface area contributed by atoms with Crippen LogP contribution in [0.15, 0.2) is 17.8 Å². The average Bonchev–Trinajstić information content (AvgIpc) is 2.94. The fourth-order valence-corrected chi connectivity index (χ4v) is 2.41. The molecule has 2 aromatic heterocycles. The van der Waals surface area contributed by atoms with Crippen LogP contribution in [0.5, 0.6) is 0 Å². The second kappa shape index (κ2) is 5.49. The van der Waals surface area contributed by atoms with Crippen molar-refractivity contribution in [3.05, 3.63) is 23.5 Å². The monoisotopic (exact) mass is 266 g/mol. The number of nitrogens with zero attached hydrogens (tertiary/aromatic N) is 3. The first-order valence-electron chi connectivity index (χ1n) is 6.01. The highest BCUT2D eigenvalue weighted by atomic mass is 32.1. The lowest BCUT2D eigenvalue weighted by Crippen LogP contribution is -2.42. The molecule has 18 heavy (non-hydrogen) atoms. The molecule has 0 saturated carbocycles. The maximum atomic E-state index is 11.9. The zero-order valence-corrected chi connectivity index (χ0v) is 11.7. The van der Waals surface area contributed by atoms with Crippen molar-refractivity contribution < 1.29 is 4.79 Å². The van der Waals surface area contributed by atoms with Gasteiger partial charge in [0.05, 0.1) is 11.7 Å². The molecule has 0 radical (unpaired) electrons. The molecule has 0 aliphatic rings. The molecule has 98 valence electrons. The van der Waals surface area contributed by atoms with Gasteiger partial charge in [-0.15, -0.1) is 11.3 Å². The Morgan fingerprint density at radius 1 is 1.67 bits per heavy atom. The third-order valence-corrected chi connectivity index (χ3v) is 3.72. The first-order chi connectivity index (χ1) is 8.61. The van der Waals surface area contributed by atoms with Gasteiger partial charge in [-0.1, -0.05) is 0 Å². The summed E-state index contributed by atoms with van der Waals surface area (Å²) < 4.78 is 1.99. The van der Waals surface area contributed by atoms with Crippen molar-refractivity contribution in [3.8, 4) is 0 Å². The van der Waals surface area contributed by atoms with E-state index < -0.39 is 0 Å². The standard InChI is InChI=1S/C12H18N4OS/c1-4-15(3)11(17)9(2)13-7-10-8-16-5-6-18-12(16)14-10/h5-6,8-9,13H,4,7H2,1-3H3. The third-order valence-electron chi connectivity index (χ3n) is 2.95. The van der Waals surface area contributed by atoms with Crippen LogP contribution in [0.4, 0.5) is 0 Å². The Hall–Kier alpha value is -1.40. The number of fused-ring (bicyclic) bond motifs is 1. The number of hydrogen-bond acceptors (Lipinski definition) is 4. The number of thiazole rings is 1. The maximum Gasteiger partial charge on any atom is 0.239 e. The zero-order chi connectivity index (χ0) is 13.1. The van der Waals surface area contributed by atoms with E-state index in [0.717, 1.165) is 17.2 Å². The van der Waals surface area contributed by atoms with Crippen molar-refractivity contribution >= 4 is 22.2 Å². The molecule has 0 saturated heterocycles. The van der Waals surface area contributed by atoms with Gasteiger partial charge in [0.15, 0.2) is 4.96 Å². The van der Waals surface area contributed by atoms with E-state index in [9.17, 15) is 4.79 Å². The summed E-state index contributed by atoms with van der Waals surface area (Å²) in [5.41, 5.74) is 0.959. The van der Waals surface area contributed by atoms with E-state index in [2.05, 4.69) is 10.3 Å². The van der Waals surface area contributed by atoms with Gasteiger partial charge in [0, 0.05) is 37.9 Å². The van der Waals surface area contributed by atoms with Crippen LogP contribution in [0, 0.1) is 0 Å². The molecule has 5 nitrogen and oxygen atoms in total. The molecule has 2 rings (SSSR count). The third kappa shape index (κ3) is 2.70. The topological polar surface area (TPSA) is 49.6 Å². The molecule has 0 bridgehead atoms. The lowest BCUT2D eigenvalue weighted by molar-refractivity contribution is -0.131. The summed E-state index contributed by atoms with van der Waals surface area (Å²) in [5.74, 6) is 0.110. The van der Waals surface area contributed by atoms with E-state index in [4.69, 9.17) is 0 Å². The van der Waals surface area contributed by atoms with E-state index in [0.29, 0.717) is 6.54 Å². The Morgan fingerprint density at radius 2 is 2.44 bits per heavy atom. The van der Waals surface area contributed by atoms with E-state index in [-0.39, 0.29) is 11.9 Å². The van der Waals surface area contributed by atoms with Crippen molar-refractivity contribution in [2.45, 2.75) is 26.4 Å². The first-order valence-corrected chi connectivity index (χ1v) is 6.89. The largest absolute Gasteiger partial charge is 0.345 e. The molecule has 0 fully saturated rings. The SMILES string of the molecule is CCN(C)C(=O)C(C)NCc1cn2ccsc2n1. The van der Waals surface area contributed by atoms with Crippen molar-refractivity contribution in [1.29, 1.82) is 0 Å². The number of aromatic nitrogens is 2. The molecule has 0 spiro atoms. The van der Waals surface area contributed by atoms with Gasteiger partial charge in [-0.25, -0.2) is 4.98 Å². The van der Waals surface area contributed by atoms with Crippen LogP contribution in [-0.2, 0) is 11.3 Å². The van der Waals surface area contributed by atoms with Gasteiger partial charge in [-0.05, 0) is 13.8 Å². The Bertz CT molecular complexity index is 504. The summed E-state index contributed by atoms with van der Waals surface area (Å²) in [6.45, 7) is 5.19. The molecule has 1 N–H and O–H groups in total. The summed E-state index contributed by atoms with van der Waals surface area (Å²) in [6.07, 6.45) is 3.97. The molecule has 1 amide bonds. The number of likely N-dealkylation sites (N-methyl/N-ethyl adjacent to an activating group) is 1. The zero-order valence-electron chi connectivity index (χ0n) is 10.9. The normalized spacial score (nSPS) is 12.8. The van der Waals surface area contributed by atoms with Gasteiger partial charge in [-0.2, -0.15) is 0 Å². The second-order valence-electron chi connectivity index (χ2n) is 4.28. The number of nitrogens with one attached hydrogen (secondary N) is 1. The number of rotatable bonds is 5. The number of carbonyl (C=O) groups excluding carboxylic acids is 1.